The molecule has 0 aromatic carbocycles. The molecule has 1 aliphatic rings. The van der Waals surface area contributed by atoms with E-state index in [-0.39, 0.29) is 24.7 Å². The summed E-state index contributed by atoms with van der Waals surface area (Å²) in [5.74, 6) is -1.17. The van der Waals surface area contributed by atoms with Crippen molar-refractivity contribution < 1.29 is 33.4 Å². The van der Waals surface area contributed by atoms with E-state index in [0.717, 1.165) is 51.4 Å². The lowest BCUT2D eigenvalue weighted by atomic mass is 9.77. The van der Waals surface area contributed by atoms with E-state index in [0.29, 0.717) is 32.5 Å². The van der Waals surface area contributed by atoms with E-state index >= 15 is 0 Å². The number of esters is 3. The number of likely N-dealkylation sites (tertiary alicyclic amines) is 1. The lowest BCUT2D eigenvalue weighted by molar-refractivity contribution is -0.190. The highest BCUT2D eigenvalue weighted by atomic mass is 16.6. The van der Waals surface area contributed by atoms with E-state index in [4.69, 9.17) is 14.2 Å². The number of piperidine rings is 1. The minimum absolute atomic E-state index is 0.0703. The third kappa shape index (κ3) is 12.8. The molecule has 1 rings (SSSR count). The van der Waals surface area contributed by atoms with Crippen LogP contribution in [0.4, 0.5) is 0 Å². The zero-order valence-corrected chi connectivity index (χ0v) is 24.4. The van der Waals surface area contributed by atoms with E-state index in [1.807, 2.05) is 6.92 Å². The first-order valence-corrected chi connectivity index (χ1v) is 14.1. The molecule has 37 heavy (non-hydrogen) atoms. The van der Waals surface area contributed by atoms with Crippen LogP contribution < -0.4 is 0 Å². The Balaban J connectivity index is 2.40. The highest BCUT2D eigenvalue weighted by Gasteiger charge is 2.53. The number of unbranched alkanes of at least 4 members (excludes halogenated alkanes) is 7. The van der Waals surface area contributed by atoms with E-state index in [2.05, 4.69) is 0 Å². The molecule has 0 aromatic rings. The predicted octanol–water partition coefficient (Wildman–Crippen LogP) is 5.74. The number of carbonyl (C=O) groups excluding carboxylic acids is 4. The molecule has 0 aliphatic carbocycles. The molecule has 1 fully saturated rings. The van der Waals surface area contributed by atoms with Crippen molar-refractivity contribution >= 4 is 23.8 Å². The highest BCUT2D eigenvalue weighted by molar-refractivity contribution is 6.00. The molecule has 0 aromatic heterocycles. The molecule has 0 radical (unpaired) electrons. The summed E-state index contributed by atoms with van der Waals surface area (Å²) in [5.41, 5.74) is -2.82. The zero-order chi connectivity index (χ0) is 28.1. The number of hydrogen-bond donors (Lipinski definition) is 0. The molecule has 8 nitrogen and oxygen atoms in total. The van der Waals surface area contributed by atoms with Crippen LogP contribution in [0.25, 0.3) is 0 Å². The lowest BCUT2D eigenvalue weighted by Gasteiger charge is -2.40. The van der Waals surface area contributed by atoms with Gasteiger partial charge in [-0.15, -0.1) is 0 Å². The molecule has 1 saturated heterocycles. The number of nitrogens with zero attached hydrogens (tertiary/aromatic N) is 1. The summed E-state index contributed by atoms with van der Waals surface area (Å²) in [6.07, 6.45) is 9.63. The Morgan fingerprint density at radius 3 is 1.49 bits per heavy atom. The Kier molecular flexibility index (Phi) is 13.6. The molecule has 0 unspecified atom stereocenters. The second-order valence-electron chi connectivity index (χ2n) is 12.1. The third-order valence-corrected chi connectivity index (χ3v) is 6.38. The van der Waals surface area contributed by atoms with Crippen molar-refractivity contribution in [2.24, 2.45) is 5.41 Å². The van der Waals surface area contributed by atoms with Gasteiger partial charge in [0, 0.05) is 25.9 Å². The largest absolute Gasteiger partial charge is 0.466 e. The van der Waals surface area contributed by atoms with Gasteiger partial charge in [-0.25, -0.2) is 0 Å². The van der Waals surface area contributed by atoms with Gasteiger partial charge in [0.15, 0.2) is 5.41 Å². The van der Waals surface area contributed by atoms with Crippen molar-refractivity contribution in [3.63, 3.8) is 0 Å². The molecule has 0 atom stereocenters. The fourth-order valence-corrected chi connectivity index (χ4v) is 4.38. The smallest absolute Gasteiger partial charge is 0.324 e. The summed E-state index contributed by atoms with van der Waals surface area (Å²) < 4.78 is 16.1. The topological polar surface area (TPSA) is 99.2 Å². The minimum Gasteiger partial charge on any atom is -0.466 e. The minimum atomic E-state index is -1.38. The SMILES string of the molecule is CCOC(=O)CCCCCCCCCCC(=O)N1CCC(C(=O)OC(C)(C)C)(C(=O)OC(C)(C)C)CC1. The van der Waals surface area contributed by atoms with Crippen LogP contribution in [-0.4, -0.2) is 59.6 Å². The van der Waals surface area contributed by atoms with E-state index in [9.17, 15) is 19.2 Å². The second-order valence-corrected chi connectivity index (χ2v) is 12.1. The quantitative estimate of drug-likeness (QED) is 0.123. The van der Waals surface area contributed by atoms with Crippen molar-refractivity contribution in [2.75, 3.05) is 19.7 Å². The van der Waals surface area contributed by atoms with Crippen molar-refractivity contribution in [3.05, 3.63) is 0 Å². The Morgan fingerprint density at radius 2 is 1.08 bits per heavy atom. The van der Waals surface area contributed by atoms with Gasteiger partial charge in [-0.3, -0.25) is 19.2 Å². The lowest BCUT2D eigenvalue weighted by Crippen LogP contribution is -2.53. The zero-order valence-electron chi connectivity index (χ0n) is 24.4. The van der Waals surface area contributed by atoms with Crippen LogP contribution in [0.5, 0.6) is 0 Å². The molecule has 214 valence electrons. The molecule has 8 heteroatoms. The Hall–Kier alpha value is -2.12. The molecular formula is C29H51NO7. The predicted molar refractivity (Wildman–Crippen MR) is 143 cm³/mol. The fraction of sp³-hybridized carbons (Fsp3) is 0.862. The molecule has 1 heterocycles. The van der Waals surface area contributed by atoms with Crippen LogP contribution in [0.15, 0.2) is 0 Å². The van der Waals surface area contributed by atoms with Crippen molar-refractivity contribution in [2.45, 2.75) is 137 Å². The van der Waals surface area contributed by atoms with Gasteiger partial charge in [-0.05, 0) is 74.1 Å². The first kappa shape index (κ1) is 32.9. The van der Waals surface area contributed by atoms with Crippen LogP contribution in [-0.2, 0) is 33.4 Å². The number of hydrogen-bond acceptors (Lipinski definition) is 7. The van der Waals surface area contributed by atoms with Crippen molar-refractivity contribution in [1.82, 2.24) is 4.90 Å². The Bertz CT molecular complexity index is 710. The Morgan fingerprint density at radius 1 is 0.676 bits per heavy atom. The van der Waals surface area contributed by atoms with E-state index in [1.165, 1.54) is 0 Å². The summed E-state index contributed by atoms with van der Waals surface area (Å²) in [5, 5.41) is 0. The molecule has 0 spiro atoms. The van der Waals surface area contributed by atoms with Crippen LogP contribution in [0.2, 0.25) is 0 Å². The van der Waals surface area contributed by atoms with Gasteiger partial charge >= 0.3 is 17.9 Å². The van der Waals surface area contributed by atoms with Gasteiger partial charge in [-0.2, -0.15) is 0 Å². The summed E-state index contributed by atoms with van der Waals surface area (Å²) in [6.45, 7) is 13.6. The van der Waals surface area contributed by atoms with Crippen LogP contribution in [0.3, 0.4) is 0 Å². The number of carbonyl (C=O) groups is 4. The van der Waals surface area contributed by atoms with Gasteiger partial charge < -0.3 is 19.1 Å². The summed E-state index contributed by atoms with van der Waals surface area (Å²) in [4.78, 5) is 52.1. The third-order valence-electron chi connectivity index (χ3n) is 6.38. The molecule has 1 amide bonds. The normalized spacial score (nSPS) is 15.7. The maximum Gasteiger partial charge on any atom is 0.324 e. The molecule has 1 aliphatic heterocycles. The molecule has 0 saturated carbocycles. The van der Waals surface area contributed by atoms with Gasteiger partial charge in [0.25, 0.3) is 0 Å². The van der Waals surface area contributed by atoms with Crippen molar-refractivity contribution in [3.8, 4) is 0 Å². The summed E-state index contributed by atoms with van der Waals surface area (Å²) >= 11 is 0. The van der Waals surface area contributed by atoms with Crippen LogP contribution in [0, 0.1) is 5.41 Å². The van der Waals surface area contributed by atoms with Crippen molar-refractivity contribution in [1.29, 1.82) is 0 Å². The average molecular weight is 526 g/mol. The summed E-state index contributed by atoms with van der Waals surface area (Å²) in [7, 11) is 0. The van der Waals surface area contributed by atoms with Gasteiger partial charge in [0.05, 0.1) is 6.61 Å². The second kappa shape index (κ2) is 15.3. The maximum absolute atomic E-state index is 13.1. The number of ether oxygens (including phenoxy) is 3. The maximum atomic E-state index is 13.1. The molecule has 0 bridgehead atoms. The first-order valence-electron chi connectivity index (χ1n) is 14.1. The molecule has 0 N–H and O–H groups in total. The highest BCUT2D eigenvalue weighted by Crippen LogP contribution is 2.37. The number of amides is 1. The van der Waals surface area contributed by atoms with Crippen LogP contribution >= 0.6 is 0 Å². The van der Waals surface area contributed by atoms with E-state index < -0.39 is 28.6 Å². The first-order chi connectivity index (χ1) is 17.2. The van der Waals surface area contributed by atoms with E-state index in [1.54, 1.807) is 46.4 Å². The Labute approximate surface area is 224 Å². The average Bonchev–Trinajstić information content (AvgIpc) is 2.78. The molecular weight excluding hydrogens is 474 g/mol. The fourth-order valence-electron chi connectivity index (χ4n) is 4.38. The van der Waals surface area contributed by atoms with Gasteiger partial charge in [-0.1, -0.05) is 38.5 Å². The monoisotopic (exact) mass is 525 g/mol. The van der Waals surface area contributed by atoms with Gasteiger partial charge in [0.1, 0.15) is 11.2 Å². The van der Waals surface area contributed by atoms with Crippen LogP contribution in [0.1, 0.15) is 126 Å². The summed E-state index contributed by atoms with van der Waals surface area (Å²) in [6, 6.07) is 0. The number of rotatable bonds is 14. The van der Waals surface area contributed by atoms with Gasteiger partial charge in [0.2, 0.25) is 5.91 Å². The standard InChI is InChI=1S/C29H51NO7/c1-8-35-24(32)18-16-14-12-10-9-11-13-15-17-23(31)30-21-19-29(20-22-30,25(33)36-27(2,3)4)26(34)37-28(5,6)7/h8-22H2,1-7H3.